The molecule has 0 radical (unpaired) electrons. The maximum absolute atomic E-state index is 7.18. The van der Waals surface area contributed by atoms with Gasteiger partial charge in [0.05, 0.1) is 19.0 Å². The maximum atomic E-state index is 7.18. The molecule has 0 spiro atoms. The van der Waals surface area contributed by atoms with E-state index in [0.717, 1.165) is 69.3 Å². The molecule has 28 heavy (non-hydrogen) atoms. The molecule has 0 saturated carbocycles. The van der Waals surface area contributed by atoms with Crippen molar-refractivity contribution in [3.8, 4) is 5.75 Å². The second-order valence-corrected chi connectivity index (χ2v) is 6.69. The number of ether oxygens (including phenoxy) is 2. The number of benzene rings is 1. The molecule has 5 heteroatoms. The van der Waals surface area contributed by atoms with Crippen LogP contribution in [0.3, 0.4) is 0 Å². The van der Waals surface area contributed by atoms with E-state index >= 15 is 0 Å². The fraction of sp³-hybridized carbons (Fsp3) is 0.522. The molecule has 0 fully saturated rings. The molecule has 0 aliphatic rings. The van der Waals surface area contributed by atoms with Crippen LogP contribution in [0.5, 0.6) is 5.75 Å². The Labute approximate surface area is 170 Å². The van der Waals surface area contributed by atoms with Gasteiger partial charge >= 0.3 is 0 Å². The SMILES string of the molecule is C=C/C=C(\C)OCCCNCCNCCCCCCOc1ccc(C=N)cc1. The van der Waals surface area contributed by atoms with Crippen LogP contribution in [0.1, 0.15) is 44.6 Å². The van der Waals surface area contributed by atoms with Gasteiger partial charge < -0.3 is 25.5 Å². The Balaban J connectivity index is 1.80. The highest BCUT2D eigenvalue weighted by Crippen LogP contribution is 2.12. The van der Waals surface area contributed by atoms with E-state index < -0.39 is 0 Å². The van der Waals surface area contributed by atoms with Crippen LogP contribution in [0, 0.1) is 5.41 Å². The van der Waals surface area contributed by atoms with Crippen molar-refractivity contribution in [3.63, 3.8) is 0 Å². The summed E-state index contributed by atoms with van der Waals surface area (Å²) in [6, 6.07) is 7.65. The Hall–Kier alpha value is -2.11. The van der Waals surface area contributed by atoms with Gasteiger partial charge in [0.25, 0.3) is 0 Å². The summed E-state index contributed by atoms with van der Waals surface area (Å²) in [5.41, 5.74) is 0.899. The van der Waals surface area contributed by atoms with Gasteiger partial charge in [-0.25, -0.2) is 0 Å². The molecule has 0 heterocycles. The molecule has 1 aromatic rings. The van der Waals surface area contributed by atoms with Crippen LogP contribution >= 0.6 is 0 Å². The van der Waals surface area contributed by atoms with Crippen LogP contribution in [0.15, 0.2) is 48.8 Å². The van der Waals surface area contributed by atoms with Crippen LogP contribution in [-0.2, 0) is 4.74 Å². The molecule has 1 aromatic carbocycles. The molecular weight excluding hydrogens is 350 g/mol. The number of hydrogen-bond donors (Lipinski definition) is 3. The van der Waals surface area contributed by atoms with Crippen molar-refractivity contribution >= 4 is 6.21 Å². The molecule has 0 unspecified atom stereocenters. The summed E-state index contributed by atoms with van der Waals surface area (Å²) in [4.78, 5) is 0. The van der Waals surface area contributed by atoms with E-state index in [4.69, 9.17) is 14.9 Å². The Bertz CT molecular complexity index is 555. The van der Waals surface area contributed by atoms with E-state index in [9.17, 15) is 0 Å². The van der Waals surface area contributed by atoms with Crippen molar-refractivity contribution in [1.82, 2.24) is 10.6 Å². The minimum atomic E-state index is 0.745. The lowest BCUT2D eigenvalue weighted by Crippen LogP contribution is -2.28. The number of rotatable bonds is 18. The number of nitrogens with one attached hydrogen (secondary N) is 3. The van der Waals surface area contributed by atoms with E-state index in [1.807, 2.05) is 37.3 Å². The Morgan fingerprint density at radius 1 is 0.929 bits per heavy atom. The number of allylic oxidation sites excluding steroid dienone is 3. The van der Waals surface area contributed by atoms with Crippen molar-refractivity contribution < 1.29 is 9.47 Å². The third-order valence-corrected chi connectivity index (χ3v) is 4.22. The molecule has 5 nitrogen and oxygen atoms in total. The summed E-state index contributed by atoms with van der Waals surface area (Å²) in [6.45, 7) is 11.1. The van der Waals surface area contributed by atoms with Crippen LogP contribution in [0.2, 0.25) is 0 Å². The first-order chi connectivity index (χ1) is 13.8. The lowest BCUT2D eigenvalue weighted by molar-refractivity contribution is 0.209. The summed E-state index contributed by atoms with van der Waals surface area (Å²) >= 11 is 0. The lowest BCUT2D eigenvalue weighted by Gasteiger charge is -2.08. The molecule has 3 N–H and O–H groups in total. The van der Waals surface area contributed by atoms with E-state index in [1.165, 1.54) is 25.5 Å². The van der Waals surface area contributed by atoms with Crippen LogP contribution < -0.4 is 15.4 Å². The molecule has 0 aliphatic carbocycles. The Kier molecular flexibility index (Phi) is 14.5. The summed E-state index contributed by atoms with van der Waals surface area (Å²) in [5, 5.41) is 14.1. The summed E-state index contributed by atoms with van der Waals surface area (Å²) in [5.74, 6) is 1.80. The van der Waals surface area contributed by atoms with Gasteiger partial charge in [-0.3, -0.25) is 0 Å². The van der Waals surface area contributed by atoms with Gasteiger partial charge in [-0.1, -0.05) is 25.5 Å². The zero-order valence-corrected chi connectivity index (χ0v) is 17.3. The van der Waals surface area contributed by atoms with Gasteiger partial charge in [-0.05, 0) is 75.2 Å². The predicted molar refractivity (Wildman–Crippen MR) is 119 cm³/mol. The summed E-state index contributed by atoms with van der Waals surface area (Å²) in [6.07, 6.45) is 10.7. The molecule has 0 saturated heterocycles. The maximum Gasteiger partial charge on any atom is 0.119 e. The standard InChI is InChI=1S/C23H37N3O2/c1-3-9-21(2)27-19-8-15-26-17-16-25-14-6-4-5-7-18-28-23-12-10-22(20-24)11-13-23/h3,9-13,20,24-26H,1,4-8,14-19H2,2H3/b21-9+,24-20?. The van der Waals surface area contributed by atoms with Crippen molar-refractivity contribution in [1.29, 1.82) is 5.41 Å². The molecule has 0 atom stereocenters. The molecule has 0 amide bonds. The highest BCUT2D eigenvalue weighted by atomic mass is 16.5. The zero-order valence-electron chi connectivity index (χ0n) is 17.3. The molecule has 0 bridgehead atoms. The fourth-order valence-corrected chi connectivity index (χ4v) is 2.63. The monoisotopic (exact) mass is 387 g/mol. The van der Waals surface area contributed by atoms with E-state index in [2.05, 4.69) is 17.2 Å². The minimum absolute atomic E-state index is 0.745. The van der Waals surface area contributed by atoms with E-state index in [0.29, 0.717) is 0 Å². The van der Waals surface area contributed by atoms with Crippen molar-refractivity contribution in [2.45, 2.75) is 39.0 Å². The number of hydrogen-bond acceptors (Lipinski definition) is 5. The highest BCUT2D eigenvalue weighted by molar-refractivity contribution is 5.76. The molecular formula is C23H37N3O2. The third kappa shape index (κ3) is 13.1. The van der Waals surface area contributed by atoms with Gasteiger partial charge in [0, 0.05) is 19.3 Å². The first-order valence-corrected chi connectivity index (χ1v) is 10.3. The normalized spacial score (nSPS) is 11.2. The van der Waals surface area contributed by atoms with Crippen LogP contribution in [0.25, 0.3) is 0 Å². The largest absolute Gasteiger partial charge is 0.498 e. The Morgan fingerprint density at radius 2 is 1.61 bits per heavy atom. The van der Waals surface area contributed by atoms with Gasteiger partial charge in [0.2, 0.25) is 0 Å². The molecule has 0 aliphatic heterocycles. The minimum Gasteiger partial charge on any atom is -0.498 e. The first kappa shape index (κ1) is 23.9. The van der Waals surface area contributed by atoms with Crippen molar-refractivity contribution in [3.05, 3.63) is 54.3 Å². The topological polar surface area (TPSA) is 66.4 Å². The average molecular weight is 388 g/mol. The fourth-order valence-electron chi connectivity index (χ4n) is 2.63. The molecule has 1 rings (SSSR count). The molecule has 0 aromatic heterocycles. The van der Waals surface area contributed by atoms with Crippen LogP contribution in [-0.4, -0.2) is 45.6 Å². The third-order valence-electron chi connectivity index (χ3n) is 4.22. The second kappa shape index (κ2) is 17.0. The number of unbranched alkanes of at least 4 members (excludes halogenated alkanes) is 3. The quantitative estimate of drug-likeness (QED) is 0.152. The second-order valence-electron chi connectivity index (χ2n) is 6.69. The van der Waals surface area contributed by atoms with E-state index in [-0.39, 0.29) is 0 Å². The zero-order chi connectivity index (χ0) is 20.3. The summed E-state index contributed by atoms with van der Waals surface area (Å²) in [7, 11) is 0. The Morgan fingerprint density at radius 3 is 2.29 bits per heavy atom. The smallest absolute Gasteiger partial charge is 0.119 e. The predicted octanol–water partition coefficient (Wildman–Crippen LogP) is 4.30. The molecule has 156 valence electrons. The van der Waals surface area contributed by atoms with Crippen LogP contribution in [0.4, 0.5) is 0 Å². The lowest BCUT2D eigenvalue weighted by atomic mass is 10.2. The van der Waals surface area contributed by atoms with Crippen molar-refractivity contribution in [2.75, 3.05) is 39.4 Å². The van der Waals surface area contributed by atoms with Gasteiger partial charge in [0.1, 0.15) is 5.75 Å². The average Bonchev–Trinajstić information content (AvgIpc) is 2.71. The highest BCUT2D eigenvalue weighted by Gasteiger charge is 1.95. The van der Waals surface area contributed by atoms with E-state index in [1.54, 1.807) is 6.08 Å². The van der Waals surface area contributed by atoms with Crippen molar-refractivity contribution in [2.24, 2.45) is 0 Å². The van der Waals surface area contributed by atoms with Gasteiger partial charge in [-0.2, -0.15) is 0 Å². The first-order valence-electron chi connectivity index (χ1n) is 10.3. The van der Waals surface area contributed by atoms with Gasteiger partial charge in [0.15, 0.2) is 0 Å². The van der Waals surface area contributed by atoms with Gasteiger partial charge in [-0.15, -0.1) is 0 Å². The summed E-state index contributed by atoms with van der Waals surface area (Å²) < 4.78 is 11.2.